The van der Waals surface area contributed by atoms with E-state index in [0.29, 0.717) is 12.3 Å². The molecule has 6 nitrogen and oxygen atoms in total. The minimum atomic E-state index is -0.347. The zero-order valence-electron chi connectivity index (χ0n) is 14.6. The first-order chi connectivity index (χ1) is 12.2. The maximum atomic E-state index is 11.7. The average molecular weight is 361 g/mol. The summed E-state index contributed by atoms with van der Waals surface area (Å²) < 4.78 is 10.4. The Morgan fingerprint density at radius 1 is 1.24 bits per heavy atom. The maximum Gasteiger partial charge on any atom is 0.357 e. The minimum Gasteiger partial charge on any atom is -0.496 e. The normalized spacial score (nSPS) is 15.2. The second-order valence-electron chi connectivity index (χ2n) is 5.81. The van der Waals surface area contributed by atoms with Gasteiger partial charge in [-0.25, -0.2) is 9.78 Å². The Morgan fingerprint density at radius 3 is 2.72 bits per heavy atom. The first-order valence-electron chi connectivity index (χ1n) is 8.43. The van der Waals surface area contributed by atoms with E-state index in [1.165, 1.54) is 16.9 Å². The molecular weight excluding hydrogens is 338 g/mol. The van der Waals surface area contributed by atoms with Crippen molar-refractivity contribution in [1.29, 1.82) is 0 Å². The highest BCUT2D eigenvalue weighted by atomic mass is 32.1. The van der Waals surface area contributed by atoms with Crippen LogP contribution in [0.5, 0.6) is 5.75 Å². The largest absolute Gasteiger partial charge is 0.496 e. The molecule has 1 aliphatic heterocycles. The van der Waals surface area contributed by atoms with Gasteiger partial charge < -0.3 is 14.4 Å². The lowest BCUT2D eigenvalue weighted by Crippen LogP contribution is -2.46. The second-order valence-corrected chi connectivity index (χ2v) is 6.65. The zero-order chi connectivity index (χ0) is 17.6. The number of para-hydroxylation sites is 1. The molecule has 0 unspecified atom stereocenters. The topological polar surface area (TPSA) is 54.9 Å². The summed E-state index contributed by atoms with van der Waals surface area (Å²) in [6.45, 7) is 6.73. The van der Waals surface area contributed by atoms with Crippen molar-refractivity contribution in [2.45, 2.75) is 13.5 Å². The molecule has 1 aliphatic rings. The van der Waals surface area contributed by atoms with Crippen LogP contribution < -0.4 is 9.64 Å². The Morgan fingerprint density at radius 2 is 2.00 bits per heavy atom. The quantitative estimate of drug-likeness (QED) is 0.738. The van der Waals surface area contributed by atoms with E-state index in [1.807, 2.05) is 18.2 Å². The summed E-state index contributed by atoms with van der Waals surface area (Å²) in [6.07, 6.45) is 0. The number of piperazine rings is 1. The van der Waals surface area contributed by atoms with Gasteiger partial charge in [0.25, 0.3) is 0 Å². The van der Waals surface area contributed by atoms with Gasteiger partial charge in [0.15, 0.2) is 10.8 Å². The molecule has 1 aromatic heterocycles. The van der Waals surface area contributed by atoms with Gasteiger partial charge in [-0.05, 0) is 13.0 Å². The van der Waals surface area contributed by atoms with Gasteiger partial charge in [0.1, 0.15) is 5.75 Å². The van der Waals surface area contributed by atoms with Crippen molar-refractivity contribution in [2.75, 3.05) is 44.8 Å². The number of methoxy groups -OCH3 is 1. The van der Waals surface area contributed by atoms with Crippen LogP contribution in [0.25, 0.3) is 0 Å². The lowest BCUT2D eigenvalue weighted by atomic mass is 10.1. The molecule has 1 fully saturated rings. The predicted octanol–water partition coefficient (Wildman–Crippen LogP) is 2.65. The van der Waals surface area contributed by atoms with Crippen LogP contribution in [0.2, 0.25) is 0 Å². The van der Waals surface area contributed by atoms with Crippen LogP contribution in [0.4, 0.5) is 5.13 Å². The van der Waals surface area contributed by atoms with Crippen LogP contribution in [-0.2, 0) is 11.3 Å². The first kappa shape index (κ1) is 17.7. The minimum absolute atomic E-state index is 0.347. The Bertz CT molecular complexity index is 711. The van der Waals surface area contributed by atoms with E-state index >= 15 is 0 Å². The monoisotopic (exact) mass is 361 g/mol. The van der Waals surface area contributed by atoms with E-state index in [1.54, 1.807) is 19.4 Å². The van der Waals surface area contributed by atoms with Crippen LogP contribution in [-0.4, -0.2) is 55.7 Å². The number of benzene rings is 1. The highest BCUT2D eigenvalue weighted by Crippen LogP contribution is 2.24. The first-order valence-corrected chi connectivity index (χ1v) is 9.31. The number of carbonyl (C=O) groups is 1. The van der Waals surface area contributed by atoms with Crippen LogP contribution in [0.15, 0.2) is 29.6 Å². The third-order valence-corrected chi connectivity index (χ3v) is 5.11. The van der Waals surface area contributed by atoms with Gasteiger partial charge in [0.05, 0.1) is 13.7 Å². The highest BCUT2D eigenvalue weighted by Gasteiger charge is 2.21. The van der Waals surface area contributed by atoms with Crippen LogP contribution in [0.3, 0.4) is 0 Å². The molecule has 0 bridgehead atoms. The molecule has 0 spiro atoms. The number of esters is 1. The Balaban J connectivity index is 1.56. The van der Waals surface area contributed by atoms with E-state index in [0.717, 1.165) is 43.6 Å². The lowest BCUT2D eigenvalue weighted by Gasteiger charge is -2.34. The molecule has 0 aliphatic carbocycles. The molecule has 3 rings (SSSR count). The van der Waals surface area contributed by atoms with Crippen LogP contribution in [0.1, 0.15) is 23.0 Å². The summed E-state index contributed by atoms with van der Waals surface area (Å²) in [5, 5.41) is 2.66. The molecule has 0 saturated carbocycles. The molecule has 0 N–H and O–H groups in total. The fourth-order valence-electron chi connectivity index (χ4n) is 2.88. The number of aromatic nitrogens is 1. The summed E-state index contributed by atoms with van der Waals surface area (Å²) in [5.74, 6) is 0.587. The van der Waals surface area contributed by atoms with Crippen molar-refractivity contribution in [1.82, 2.24) is 9.88 Å². The lowest BCUT2D eigenvalue weighted by molar-refractivity contribution is 0.0520. The van der Waals surface area contributed by atoms with Crippen LogP contribution in [0, 0.1) is 0 Å². The van der Waals surface area contributed by atoms with Crippen molar-refractivity contribution < 1.29 is 14.3 Å². The van der Waals surface area contributed by atoms with E-state index in [2.05, 4.69) is 20.9 Å². The fourth-order valence-corrected chi connectivity index (χ4v) is 3.73. The van der Waals surface area contributed by atoms with Gasteiger partial charge in [0.2, 0.25) is 0 Å². The molecule has 134 valence electrons. The number of anilines is 1. The van der Waals surface area contributed by atoms with Crippen molar-refractivity contribution in [3.63, 3.8) is 0 Å². The summed E-state index contributed by atoms with van der Waals surface area (Å²) in [4.78, 5) is 20.8. The molecule has 1 aromatic carbocycles. The molecule has 0 radical (unpaired) electrons. The smallest absolute Gasteiger partial charge is 0.357 e. The summed E-state index contributed by atoms with van der Waals surface area (Å²) >= 11 is 1.50. The summed E-state index contributed by atoms with van der Waals surface area (Å²) in [7, 11) is 1.71. The molecular formula is C18H23N3O3S. The summed E-state index contributed by atoms with van der Waals surface area (Å²) in [5.41, 5.74) is 1.61. The van der Waals surface area contributed by atoms with Crippen molar-refractivity contribution >= 4 is 22.4 Å². The van der Waals surface area contributed by atoms with E-state index in [-0.39, 0.29) is 5.97 Å². The number of rotatable bonds is 6. The van der Waals surface area contributed by atoms with Gasteiger partial charge in [-0.3, -0.25) is 4.90 Å². The zero-order valence-corrected chi connectivity index (χ0v) is 15.4. The second kappa shape index (κ2) is 8.31. The third kappa shape index (κ3) is 4.29. The van der Waals surface area contributed by atoms with Crippen molar-refractivity contribution in [2.24, 2.45) is 0 Å². The predicted molar refractivity (Wildman–Crippen MR) is 98.6 cm³/mol. The molecule has 25 heavy (non-hydrogen) atoms. The van der Waals surface area contributed by atoms with E-state index < -0.39 is 0 Å². The van der Waals surface area contributed by atoms with E-state index in [4.69, 9.17) is 9.47 Å². The van der Waals surface area contributed by atoms with Gasteiger partial charge in [-0.1, -0.05) is 18.2 Å². The highest BCUT2D eigenvalue weighted by molar-refractivity contribution is 7.13. The summed E-state index contributed by atoms with van der Waals surface area (Å²) in [6, 6.07) is 8.14. The number of nitrogens with zero attached hydrogens (tertiary/aromatic N) is 3. The standard InChI is InChI=1S/C18H23N3O3S/c1-3-24-17(22)15-13-25-18(19-15)21-10-8-20(9-11-21)12-14-6-4-5-7-16(14)23-2/h4-7,13H,3,8-12H2,1-2H3. The van der Waals surface area contributed by atoms with Crippen molar-refractivity contribution in [3.05, 3.63) is 40.9 Å². The fraction of sp³-hybridized carbons (Fsp3) is 0.444. The Kier molecular flexibility index (Phi) is 5.88. The number of ether oxygens (including phenoxy) is 2. The molecule has 2 aromatic rings. The molecule has 0 atom stereocenters. The molecule has 1 saturated heterocycles. The van der Waals surface area contributed by atoms with Crippen molar-refractivity contribution in [3.8, 4) is 5.75 Å². The van der Waals surface area contributed by atoms with Gasteiger partial charge in [-0.15, -0.1) is 11.3 Å². The Labute approximate surface area is 152 Å². The Hall–Kier alpha value is -2.12. The van der Waals surface area contributed by atoms with Gasteiger partial charge in [0, 0.05) is 43.7 Å². The molecule has 2 heterocycles. The average Bonchev–Trinajstić information content (AvgIpc) is 3.13. The number of thiazole rings is 1. The molecule has 7 heteroatoms. The van der Waals surface area contributed by atoms with Gasteiger partial charge in [-0.2, -0.15) is 0 Å². The number of hydrogen-bond acceptors (Lipinski definition) is 7. The maximum absolute atomic E-state index is 11.7. The number of carbonyl (C=O) groups excluding carboxylic acids is 1. The molecule has 0 amide bonds. The third-order valence-electron chi connectivity index (χ3n) is 4.21. The van der Waals surface area contributed by atoms with Gasteiger partial charge >= 0.3 is 5.97 Å². The van der Waals surface area contributed by atoms with E-state index in [9.17, 15) is 4.79 Å². The van der Waals surface area contributed by atoms with Crippen LogP contribution >= 0.6 is 11.3 Å². The number of hydrogen-bond donors (Lipinski definition) is 0. The SMILES string of the molecule is CCOC(=O)c1csc(N2CCN(Cc3ccccc3OC)CC2)n1.